The number of H-pyrrole nitrogens is 1. The average Bonchev–Trinajstić information content (AvgIpc) is 2.68. The Morgan fingerprint density at radius 3 is 2.69 bits per heavy atom. The minimum atomic E-state index is 0.781. The first-order chi connectivity index (χ1) is 7.75. The van der Waals surface area contributed by atoms with Crippen molar-refractivity contribution in [2.24, 2.45) is 0 Å². The molecule has 4 heteroatoms. The first-order valence-corrected chi connectivity index (χ1v) is 5.37. The third kappa shape index (κ3) is 2.67. The Kier molecular flexibility index (Phi) is 3.31. The number of nitrogens with one attached hydrogen (secondary N) is 2. The number of nitrogens with zero attached hydrogens (tertiary/aromatic N) is 2. The second-order valence-corrected chi connectivity index (χ2v) is 3.89. The first-order valence-electron chi connectivity index (χ1n) is 5.37. The van der Waals surface area contributed by atoms with Crippen LogP contribution in [-0.2, 0) is 13.1 Å². The van der Waals surface area contributed by atoms with E-state index < -0.39 is 0 Å². The van der Waals surface area contributed by atoms with Gasteiger partial charge >= 0.3 is 0 Å². The SMILES string of the molecule is Cc1ccc(CNCc2nc[nH]c2C)cn1. The zero-order valence-electron chi connectivity index (χ0n) is 9.62. The largest absolute Gasteiger partial charge is 0.348 e. The van der Waals surface area contributed by atoms with Gasteiger partial charge in [0.2, 0.25) is 0 Å². The summed E-state index contributed by atoms with van der Waals surface area (Å²) in [5, 5.41) is 3.34. The normalized spacial score (nSPS) is 10.6. The predicted octanol–water partition coefficient (Wildman–Crippen LogP) is 1.71. The van der Waals surface area contributed by atoms with Crippen LogP contribution in [0.4, 0.5) is 0 Å². The fraction of sp³-hybridized carbons (Fsp3) is 0.333. The molecule has 2 rings (SSSR count). The Balaban J connectivity index is 1.84. The molecule has 0 fully saturated rings. The van der Waals surface area contributed by atoms with Crippen molar-refractivity contribution in [3.05, 3.63) is 47.3 Å². The van der Waals surface area contributed by atoms with Crippen LogP contribution < -0.4 is 5.32 Å². The van der Waals surface area contributed by atoms with Gasteiger partial charge in [-0.25, -0.2) is 4.98 Å². The summed E-state index contributed by atoms with van der Waals surface area (Å²) in [4.78, 5) is 11.5. The van der Waals surface area contributed by atoms with Gasteiger partial charge in [-0.1, -0.05) is 6.07 Å². The molecule has 0 saturated heterocycles. The molecule has 2 N–H and O–H groups in total. The molecule has 0 aliphatic heterocycles. The number of aromatic nitrogens is 3. The van der Waals surface area contributed by atoms with Crippen molar-refractivity contribution < 1.29 is 0 Å². The van der Waals surface area contributed by atoms with Crippen LogP contribution in [0, 0.1) is 13.8 Å². The maximum absolute atomic E-state index is 4.25. The molecule has 2 aromatic heterocycles. The van der Waals surface area contributed by atoms with Crippen molar-refractivity contribution in [2.45, 2.75) is 26.9 Å². The van der Waals surface area contributed by atoms with Gasteiger partial charge in [-0.2, -0.15) is 0 Å². The van der Waals surface area contributed by atoms with E-state index in [1.54, 1.807) is 6.33 Å². The number of hydrogen-bond acceptors (Lipinski definition) is 3. The van der Waals surface area contributed by atoms with Crippen molar-refractivity contribution in [2.75, 3.05) is 0 Å². The van der Waals surface area contributed by atoms with Gasteiger partial charge in [-0.15, -0.1) is 0 Å². The molecule has 0 aliphatic rings. The molecule has 0 atom stereocenters. The van der Waals surface area contributed by atoms with Gasteiger partial charge in [-0.05, 0) is 25.5 Å². The molecular weight excluding hydrogens is 200 g/mol. The van der Waals surface area contributed by atoms with Crippen LogP contribution in [-0.4, -0.2) is 15.0 Å². The lowest BCUT2D eigenvalue weighted by atomic mass is 10.2. The van der Waals surface area contributed by atoms with Gasteiger partial charge in [0.25, 0.3) is 0 Å². The molecule has 0 amide bonds. The highest BCUT2D eigenvalue weighted by Crippen LogP contribution is 2.02. The van der Waals surface area contributed by atoms with Gasteiger partial charge in [0.05, 0.1) is 12.0 Å². The molecule has 0 spiro atoms. The van der Waals surface area contributed by atoms with E-state index in [1.165, 1.54) is 5.56 Å². The summed E-state index contributed by atoms with van der Waals surface area (Å²) in [5.74, 6) is 0. The summed E-state index contributed by atoms with van der Waals surface area (Å²) < 4.78 is 0. The standard InChI is InChI=1S/C12H16N4/c1-9-3-4-11(6-14-9)5-13-7-12-10(2)15-8-16-12/h3-4,6,8,13H,5,7H2,1-2H3,(H,15,16). The third-order valence-electron chi connectivity index (χ3n) is 2.53. The molecule has 0 aliphatic carbocycles. The smallest absolute Gasteiger partial charge is 0.0925 e. The van der Waals surface area contributed by atoms with Gasteiger partial charge in [0, 0.05) is 30.7 Å². The van der Waals surface area contributed by atoms with Crippen molar-refractivity contribution in [1.29, 1.82) is 0 Å². The van der Waals surface area contributed by atoms with E-state index in [-0.39, 0.29) is 0 Å². The molecule has 4 nitrogen and oxygen atoms in total. The zero-order valence-corrected chi connectivity index (χ0v) is 9.62. The fourth-order valence-electron chi connectivity index (χ4n) is 1.49. The number of rotatable bonds is 4. The monoisotopic (exact) mass is 216 g/mol. The Labute approximate surface area is 95.1 Å². The van der Waals surface area contributed by atoms with Crippen molar-refractivity contribution in [1.82, 2.24) is 20.3 Å². The summed E-state index contributed by atoms with van der Waals surface area (Å²) in [6.07, 6.45) is 3.62. The number of aryl methyl sites for hydroxylation is 2. The zero-order chi connectivity index (χ0) is 11.4. The molecular formula is C12H16N4. The summed E-state index contributed by atoms with van der Waals surface area (Å²) in [6.45, 7) is 5.62. The van der Waals surface area contributed by atoms with E-state index in [2.05, 4.69) is 26.3 Å². The number of imidazole rings is 1. The lowest BCUT2D eigenvalue weighted by Gasteiger charge is -2.03. The average molecular weight is 216 g/mol. The maximum Gasteiger partial charge on any atom is 0.0925 e. The predicted molar refractivity (Wildman–Crippen MR) is 62.8 cm³/mol. The lowest BCUT2D eigenvalue weighted by molar-refractivity contribution is 0.677. The highest BCUT2D eigenvalue weighted by atomic mass is 14.9. The lowest BCUT2D eigenvalue weighted by Crippen LogP contribution is -2.13. The molecule has 16 heavy (non-hydrogen) atoms. The van der Waals surface area contributed by atoms with Crippen LogP contribution in [0.3, 0.4) is 0 Å². The molecule has 0 saturated carbocycles. The van der Waals surface area contributed by atoms with Crippen molar-refractivity contribution in [3.63, 3.8) is 0 Å². The van der Waals surface area contributed by atoms with Crippen LogP contribution in [0.25, 0.3) is 0 Å². The van der Waals surface area contributed by atoms with Crippen LogP contribution in [0.15, 0.2) is 24.7 Å². The van der Waals surface area contributed by atoms with E-state index in [1.807, 2.05) is 26.1 Å². The maximum atomic E-state index is 4.25. The van der Waals surface area contributed by atoms with E-state index in [0.29, 0.717) is 0 Å². The summed E-state index contributed by atoms with van der Waals surface area (Å²) >= 11 is 0. The van der Waals surface area contributed by atoms with Crippen LogP contribution in [0.1, 0.15) is 22.6 Å². The van der Waals surface area contributed by atoms with Crippen molar-refractivity contribution in [3.8, 4) is 0 Å². The van der Waals surface area contributed by atoms with Crippen LogP contribution >= 0.6 is 0 Å². The molecule has 0 unspecified atom stereocenters. The molecule has 84 valence electrons. The van der Waals surface area contributed by atoms with Crippen LogP contribution in [0.2, 0.25) is 0 Å². The number of hydrogen-bond donors (Lipinski definition) is 2. The Bertz CT molecular complexity index is 444. The van der Waals surface area contributed by atoms with Gasteiger partial charge in [0.1, 0.15) is 0 Å². The Morgan fingerprint density at radius 1 is 1.19 bits per heavy atom. The molecule has 2 heterocycles. The minimum absolute atomic E-state index is 0.781. The van der Waals surface area contributed by atoms with E-state index in [0.717, 1.165) is 30.2 Å². The van der Waals surface area contributed by atoms with Gasteiger partial charge < -0.3 is 10.3 Å². The summed E-state index contributed by atoms with van der Waals surface area (Å²) in [6, 6.07) is 4.11. The summed E-state index contributed by atoms with van der Waals surface area (Å²) in [7, 11) is 0. The van der Waals surface area contributed by atoms with Crippen molar-refractivity contribution >= 4 is 0 Å². The molecule has 0 bridgehead atoms. The van der Waals surface area contributed by atoms with E-state index in [4.69, 9.17) is 0 Å². The highest BCUT2D eigenvalue weighted by molar-refractivity contribution is 5.13. The Morgan fingerprint density at radius 2 is 2.06 bits per heavy atom. The molecule has 0 radical (unpaired) electrons. The quantitative estimate of drug-likeness (QED) is 0.818. The second kappa shape index (κ2) is 4.90. The fourth-order valence-corrected chi connectivity index (χ4v) is 1.49. The van der Waals surface area contributed by atoms with E-state index >= 15 is 0 Å². The van der Waals surface area contributed by atoms with Gasteiger partial charge in [-0.3, -0.25) is 4.98 Å². The van der Waals surface area contributed by atoms with Crippen LogP contribution in [0.5, 0.6) is 0 Å². The molecule has 2 aromatic rings. The number of aromatic amines is 1. The summed E-state index contributed by atoms with van der Waals surface area (Å²) in [5.41, 5.74) is 4.43. The second-order valence-electron chi connectivity index (χ2n) is 3.89. The third-order valence-corrected chi connectivity index (χ3v) is 2.53. The van der Waals surface area contributed by atoms with Gasteiger partial charge in [0.15, 0.2) is 0 Å². The Hall–Kier alpha value is -1.68. The molecule has 0 aromatic carbocycles. The highest BCUT2D eigenvalue weighted by Gasteiger charge is 2.00. The number of pyridine rings is 1. The van der Waals surface area contributed by atoms with E-state index in [9.17, 15) is 0 Å². The topological polar surface area (TPSA) is 53.6 Å². The minimum Gasteiger partial charge on any atom is -0.348 e. The first kappa shape index (κ1) is 10.8.